The van der Waals surface area contributed by atoms with E-state index in [0.717, 1.165) is 52.4 Å². The Morgan fingerprint density at radius 1 is 0.925 bits per heavy atom. The quantitative estimate of drug-likeness (QED) is 0.256. The van der Waals surface area contributed by atoms with Crippen LogP contribution < -0.4 is 0 Å². The number of aliphatic hydroxyl groups is 1. The highest BCUT2D eigenvalue weighted by molar-refractivity contribution is 6.08. The van der Waals surface area contributed by atoms with Gasteiger partial charge in [-0.1, -0.05) is 90.9 Å². The van der Waals surface area contributed by atoms with Gasteiger partial charge in [0, 0.05) is 29.3 Å². The third kappa shape index (κ3) is 4.18. The Labute approximate surface area is 232 Å². The van der Waals surface area contributed by atoms with Crippen LogP contribution in [0.15, 0.2) is 102 Å². The van der Waals surface area contributed by atoms with Crippen molar-refractivity contribution in [2.45, 2.75) is 38.0 Å². The number of hydrogen-bond donors (Lipinski definition) is 1. The number of pyridine rings is 1. The number of benzene rings is 3. The molecule has 3 aromatic heterocycles. The minimum atomic E-state index is -0.904. The van der Waals surface area contributed by atoms with E-state index < -0.39 is 5.60 Å². The maximum Gasteiger partial charge on any atom is 0.276 e. The number of piperidine rings is 1. The van der Waals surface area contributed by atoms with Gasteiger partial charge < -0.3 is 14.2 Å². The standard InChI is InChI=1S/C33H31N5O2/c1-2-18-37-19-17-33(39,24-13-7-4-8-14-24)21-30(37)38-28-16-10-9-15-25(28)26-20-27(34-22-29(26)38)32-35-31(36-40-32)23-11-5-3-6-12-23/h3-16,20,22,30,39H,2,17-19,21H2,1H3. The molecule has 2 unspecified atom stereocenters. The molecular formula is C33H31N5O2. The lowest BCUT2D eigenvalue weighted by Gasteiger charge is -2.45. The third-order valence-electron chi connectivity index (χ3n) is 8.15. The molecule has 7 nitrogen and oxygen atoms in total. The summed E-state index contributed by atoms with van der Waals surface area (Å²) in [6.45, 7) is 3.98. The van der Waals surface area contributed by atoms with Crippen LogP contribution in [0.25, 0.3) is 44.8 Å². The first-order chi connectivity index (χ1) is 19.6. The summed E-state index contributed by atoms with van der Waals surface area (Å²) >= 11 is 0. The Kier molecular flexibility index (Phi) is 6.18. The van der Waals surface area contributed by atoms with Crippen molar-refractivity contribution < 1.29 is 9.63 Å². The first kappa shape index (κ1) is 24.7. The summed E-state index contributed by atoms with van der Waals surface area (Å²) in [6.07, 6.45) is 4.23. The summed E-state index contributed by atoms with van der Waals surface area (Å²) in [5, 5.41) is 18.3. The third-order valence-corrected chi connectivity index (χ3v) is 8.15. The van der Waals surface area contributed by atoms with Crippen LogP contribution in [0, 0.1) is 0 Å². The van der Waals surface area contributed by atoms with E-state index in [1.807, 2.05) is 72.9 Å². The minimum absolute atomic E-state index is 0.0259. The van der Waals surface area contributed by atoms with Gasteiger partial charge in [-0.25, -0.2) is 4.98 Å². The summed E-state index contributed by atoms with van der Waals surface area (Å²) in [7, 11) is 0. The van der Waals surface area contributed by atoms with Gasteiger partial charge >= 0.3 is 0 Å². The minimum Gasteiger partial charge on any atom is -0.385 e. The number of nitrogens with zero attached hydrogens (tertiary/aromatic N) is 5. The van der Waals surface area contributed by atoms with Crippen molar-refractivity contribution in [2.75, 3.05) is 13.1 Å². The normalized spacial score (nSPS) is 19.9. The van der Waals surface area contributed by atoms with Crippen LogP contribution in [0.3, 0.4) is 0 Å². The van der Waals surface area contributed by atoms with Crippen LogP contribution in [0.4, 0.5) is 0 Å². The van der Waals surface area contributed by atoms with E-state index in [4.69, 9.17) is 9.51 Å². The number of likely N-dealkylation sites (tertiary alicyclic amines) is 1. The van der Waals surface area contributed by atoms with Crippen molar-refractivity contribution in [3.63, 3.8) is 0 Å². The molecule has 1 saturated heterocycles. The molecule has 7 heteroatoms. The van der Waals surface area contributed by atoms with E-state index in [-0.39, 0.29) is 6.17 Å². The molecule has 1 N–H and O–H groups in total. The molecule has 40 heavy (non-hydrogen) atoms. The molecule has 3 aromatic carbocycles. The van der Waals surface area contributed by atoms with Crippen molar-refractivity contribution in [1.29, 1.82) is 0 Å². The Hall–Kier alpha value is -4.33. The first-order valence-corrected chi connectivity index (χ1v) is 13.9. The lowest BCUT2D eigenvalue weighted by Crippen LogP contribution is -2.46. The summed E-state index contributed by atoms with van der Waals surface area (Å²) in [5.41, 5.74) is 3.75. The summed E-state index contributed by atoms with van der Waals surface area (Å²) in [4.78, 5) is 11.9. The number of para-hydroxylation sites is 1. The summed E-state index contributed by atoms with van der Waals surface area (Å²) < 4.78 is 8.01. The zero-order valence-electron chi connectivity index (χ0n) is 22.4. The molecule has 0 aliphatic carbocycles. The smallest absolute Gasteiger partial charge is 0.276 e. The Bertz CT molecular complexity index is 1780. The van der Waals surface area contributed by atoms with Crippen LogP contribution in [-0.2, 0) is 5.60 Å². The molecule has 6 aromatic rings. The fraction of sp³-hybridized carbons (Fsp3) is 0.242. The molecule has 0 spiro atoms. The Morgan fingerprint density at radius 2 is 1.68 bits per heavy atom. The molecule has 0 radical (unpaired) electrons. The highest BCUT2D eigenvalue weighted by atomic mass is 16.5. The maximum atomic E-state index is 11.9. The second kappa shape index (κ2) is 10.0. The molecule has 0 saturated carbocycles. The molecule has 2 atom stereocenters. The van der Waals surface area contributed by atoms with E-state index in [0.29, 0.717) is 30.3 Å². The summed E-state index contributed by atoms with van der Waals surface area (Å²) in [6, 6.07) is 30.4. The lowest BCUT2D eigenvalue weighted by molar-refractivity contribution is -0.0695. The van der Waals surface area contributed by atoms with Gasteiger partial charge in [-0.2, -0.15) is 4.98 Å². The molecule has 0 amide bonds. The summed E-state index contributed by atoms with van der Waals surface area (Å²) in [5.74, 6) is 0.929. The molecule has 1 aliphatic rings. The molecule has 4 heterocycles. The van der Waals surface area contributed by atoms with E-state index in [1.165, 1.54) is 0 Å². The first-order valence-electron chi connectivity index (χ1n) is 13.9. The molecular weight excluding hydrogens is 498 g/mol. The molecule has 7 rings (SSSR count). The van der Waals surface area contributed by atoms with Crippen LogP contribution in [0.5, 0.6) is 0 Å². The largest absolute Gasteiger partial charge is 0.385 e. The van der Waals surface area contributed by atoms with Gasteiger partial charge in [0.15, 0.2) is 0 Å². The van der Waals surface area contributed by atoms with E-state index >= 15 is 0 Å². The molecule has 1 aliphatic heterocycles. The van der Waals surface area contributed by atoms with Gasteiger partial charge in [-0.05, 0) is 37.1 Å². The van der Waals surface area contributed by atoms with Crippen molar-refractivity contribution in [3.05, 3.63) is 103 Å². The fourth-order valence-electron chi connectivity index (χ4n) is 6.19. The van der Waals surface area contributed by atoms with E-state index in [2.05, 4.69) is 50.8 Å². The molecule has 200 valence electrons. The van der Waals surface area contributed by atoms with Gasteiger partial charge in [0.1, 0.15) is 5.69 Å². The van der Waals surface area contributed by atoms with E-state index in [1.54, 1.807) is 0 Å². The Balaban J connectivity index is 1.35. The number of hydrogen-bond acceptors (Lipinski definition) is 6. The highest BCUT2D eigenvalue weighted by Crippen LogP contribution is 2.44. The average Bonchev–Trinajstić information content (AvgIpc) is 3.63. The molecule has 1 fully saturated rings. The maximum absolute atomic E-state index is 11.9. The predicted octanol–water partition coefficient (Wildman–Crippen LogP) is 6.80. The van der Waals surface area contributed by atoms with Crippen LogP contribution in [-0.4, -0.2) is 42.8 Å². The van der Waals surface area contributed by atoms with Gasteiger partial charge in [-0.15, -0.1) is 0 Å². The number of aromatic nitrogens is 4. The SMILES string of the molecule is CCCN1CCC(O)(c2ccccc2)CC1n1c2ccccc2c2cc(-c3nc(-c4ccccc4)no3)ncc21. The molecule has 0 bridgehead atoms. The van der Waals surface area contributed by atoms with Crippen LogP contribution >= 0.6 is 0 Å². The van der Waals surface area contributed by atoms with Gasteiger partial charge in [0.2, 0.25) is 5.82 Å². The zero-order chi connectivity index (χ0) is 27.1. The second-order valence-corrected chi connectivity index (χ2v) is 10.6. The van der Waals surface area contributed by atoms with Crippen molar-refractivity contribution in [3.8, 4) is 23.0 Å². The predicted molar refractivity (Wildman–Crippen MR) is 156 cm³/mol. The van der Waals surface area contributed by atoms with Gasteiger partial charge in [0.05, 0.1) is 29.0 Å². The lowest BCUT2D eigenvalue weighted by atomic mass is 9.82. The zero-order valence-corrected chi connectivity index (χ0v) is 22.4. The van der Waals surface area contributed by atoms with Crippen molar-refractivity contribution in [1.82, 2.24) is 24.6 Å². The van der Waals surface area contributed by atoms with Crippen molar-refractivity contribution >= 4 is 21.8 Å². The second-order valence-electron chi connectivity index (χ2n) is 10.6. The van der Waals surface area contributed by atoms with Gasteiger partial charge in [0.25, 0.3) is 5.89 Å². The van der Waals surface area contributed by atoms with Crippen LogP contribution in [0.2, 0.25) is 0 Å². The topological polar surface area (TPSA) is 80.2 Å². The van der Waals surface area contributed by atoms with Gasteiger partial charge in [-0.3, -0.25) is 4.90 Å². The highest BCUT2D eigenvalue weighted by Gasteiger charge is 2.41. The monoisotopic (exact) mass is 529 g/mol. The van der Waals surface area contributed by atoms with Crippen LogP contribution in [0.1, 0.15) is 37.9 Å². The Morgan fingerprint density at radius 3 is 2.48 bits per heavy atom. The van der Waals surface area contributed by atoms with Crippen molar-refractivity contribution in [2.24, 2.45) is 0 Å². The van der Waals surface area contributed by atoms with E-state index in [9.17, 15) is 5.11 Å². The fourth-order valence-corrected chi connectivity index (χ4v) is 6.19. The average molecular weight is 530 g/mol. The number of fused-ring (bicyclic) bond motifs is 3. The number of rotatable bonds is 6.